The molecule has 0 amide bonds. The lowest BCUT2D eigenvalue weighted by Crippen LogP contribution is -2.45. The second-order valence-corrected chi connectivity index (χ2v) is 6.82. The Kier molecular flexibility index (Phi) is 7.66. The van der Waals surface area contributed by atoms with Crippen molar-refractivity contribution in [1.29, 1.82) is 0 Å². The number of nitrogens with zero attached hydrogens (tertiary/aromatic N) is 1. The van der Waals surface area contributed by atoms with Gasteiger partial charge < -0.3 is 5.32 Å². The molecule has 2 atom stereocenters. The van der Waals surface area contributed by atoms with Gasteiger partial charge in [-0.3, -0.25) is 4.90 Å². The predicted molar refractivity (Wildman–Crippen MR) is 86.8 cm³/mol. The molecule has 0 fully saturated rings. The fourth-order valence-electron chi connectivity index (χ4n) is 2.45. The van der Waals surface area contributed by atoms with Gasteiger partial charge in [0, 0.05) is 36.1 Å². The van der Waals surface area contributed by atoms with Crippen molar-refractivity contribution < 1.29 is 0 Å². The van der Waals surface area contributed by atoms with E-state index in [1.54, 1.807) is 0 Å². The van der Waals surface area contributed by atoms with Crippen LogP contribution in [0.5, 0.6) is 0 Å². The Bertz CT molecular complexity index is 321. The van der Waals surface area contributed by atoms with E-state index < -0.39 is 0 Å². The second-order valence-electron chi connectivity index (χ2n) is 5.79. The molecule has 1 N–H and O–H groups in total. The molecule has 19 heavy (non-hydrogen) atoms. The summed E-state index contributed by atoms with van der Waals surface area (Å²) in [5.41, 5.74) is 0. The molecule has 0 saturated heterocycles. The second kappa shape index (κ2) is 8.72. The van der Waals surface area contributed by atoms with Gasteiger partial charge in [-0.05, 0) is 45.6 Å². The van der Waals surface area contributed by atoms with Gasteiger partial charge in [-0.1, -0.05) is 19.4 Å². The summed E-state index contributed by atoms with van der Waals surface area (Å²) in [4.78, 5) is 4.04. The smallest absolute Gasteiger partial charge is 0.0333 e. The lowest BCUT2D eigenvalue weighted by Gasteiger charge is -2.33. The summed E-state index contributed by atoms with van der Waals surface area (Å²) in [6.45, 7) is 13.6. The van der Waals surface area contributed by atoms with Crippen LogP contribution in [0.25, 0.3) is 0 Å². The molecule has 0 aliphatic carbocycles. The van der Waals surface area contributed by atoms with Crippen LogP contribution >= 0.6 is 11.3 Å². The van der Waals surface area contributed by atoms with Crippen LogP contribution in [0.4, 0.5) is 0 Å². The monoisotopic (exact) mass is 282 g/mol. The zero-order chi connectivity index (χ0) is 14.3. The van der Waals surface area contributed by atoms with Gasteiger partial charge in [0.05, 0.1) is 0 Å². The van der Waals surface area contributed by atoms with Crippen LogP contribution in [0.2, 0.25) is 0 Å². The topological polar surface area (TPSA) is 15.3 Å². The van der Waals surface area contributed by atoms with E-state index in [0.717, 1.165) is 13.1 Å². The molecule has 1 aromatic heterocycles. The average molecular weight is 282 g/mol. The number of hydrogen-bond acceptors (Lipinski definition) is 3. The Hall–Kier alpha value is -0.380. The molecule has 110 valence electrons. The van der Waals surface area contributed by atoms with E-state index in [-0.39, 0.29) is 0 Å². The van der Waals surface area contributed by atoms with Crippen molar-refractivity contribution in [1.82, 2.24) is 10.2 Å². The SMILES string of the molecule is CCCC(C)NCC(C)N(Cc1cccs1)C(C)C. The number of thiophene rings is 1. The lowest BCUT2D eigenvalue weighted by molar-refractivity contribution is 0.151. The van der Waals surface area contributed by atoms with Crippen molar-refractivity contribution in [3.05, 3.63) is 22.4 Å². The van der Waals surface area contributed by atoms with Crippen LogP contribution in [-0.2, 0) is 6.54 Å². The van der Waals surface area contributed by atoms with Crippen molar-refractivity contribution >= 4 is 11.3 Å². The summed E-state index contributed by atoms with van der Waals surface area (Å²) >= 11 is 1.86. The Morgan fingerprint density at radius 1 is 1.26 bits per heavy atom. The first-order valence-corrected chi connectivity index (χ1v) is 8.44. The fourth-order valence-corrected chi connectivity index (χ4v) is 3.17. The minimum Gasteiger partial charge on any atom is -0.313 e. The molecule has 0 spiro atoms. The van der Waals surface area contributed by atoms with Gasteiger partial charge >= 0.3 is 0 Å². The Morgan fingerprint density at radius 3 is 2.53 bits per heavy atom. The van der Waals surface area contributed by atoms with Crippen LogP contribution in [0.3, 0.4) is 0 Å². The zero-order valence-corrected chi connectivity index (χ0v) is 14.0. The maximum absolute atomic E-state index is 3.66. The van der Waals surface area contributed by atoms with Gasteiger partial charge in [0.15, 0.2) is 0 Å². The van der Waals surface area contributed by atoms with E-state index in [0.29, 0.717) is 18.1 Å². The van der Waals surface area contributed by atoms with Gasteiger partial charge in [0.1, 0.15) is 0 Å². The summed E-state index contributed by atoms with van der Waals surface area (Å²) in [5.74, 6) is 0. The van der Waals surface area contributed by atoms with Crippen molar-refractivity contribution in [3.63, 3.8) is 0 Å². The lowest BCUT2D eigenvalue weighted by atomic mass is 10.1. The highest BCUT2D eigenvalue weighted by Gasteiger charge is 2.18. The standard InChI is InChI=1S/C16H30N2S/c1-6-8-14(4)17-11-15(5)18(13(2)3)12-16-9-7-10-19-16/h7,9-10,13-15,17H,6,8,11-12H2,1-5H3. The first kappa shape index (κ1) is 16.7. The van der Waals surface area contributed by atoms with E-state index in [1.165, 1.54) is 17.7 Å². The summed E-state index contributed by atoms with van der Waals surface area (Å²) in [6.07, 6.45) is 2.52. The van der Waals surface area contributed by atoms with E-state index in [4.69, 9.17) is 0 Å². The van der Waals surface area contributed by atoms with Crippen LogP contribution in [0.15, 0.2) is 17.5 Å². The summed E-state index contributed by atoms with van der Waals surface area (Å²) < 4.78 is 0. The van der Waals surface area contributed by atoms with Gasteiger partial charge in [-0.2, -0.15) is 0 Å². The third-order valence-corrected chi connectivity index (χ3v) is 4.49. The molecule has 1 rings (SSSR count). The van der Waals surface area contributed by atoms with Crippen LogP contribution in [-0.4, -0.2) is 29.6 Å². The normalized spacial score (nSPS) is 15.1. The quantitative estimate of drug-likeness (QED) is 0.733. The third-order valence-electron chi connectivity index (χ3n) is 3.63. The highest BCUT2D eigenvalue weighted by Crippen LogP contribution is 2.16. The molecule has 0 bridgehead atoms. The van der Waals surface area contributed by atoms with Crippen molar-refractivity contribution in [2.75, 3.05) is 6.54 Å². The highest BCUT2D eigenvalue weighted by atomic mass is 32.1. The van der Waals surface area contributed by atoms with Crippen molar-refractivity contribution in [2.45, 2.75) is 72.1 Å². The largest absolute Gasteiger partial charge is 0.313 e. The molecule has 2 unspecified atom stereocenters. The molecule has 0 aromatic carbocycles. The fraction of sp³-hybridized carbons (Fsp3) is 0.750. The third kappa shape index (κ3) is 6.07. The molecule has 0 aliphatic rings. The van der Waals surface area contributed by atoms with Crippen molar-refractivity contribution in [2.24, 2.45) is 0 Å². The van der Waals surface area contributed by atoms with Crippen LogP contribution < -0.4 is 5.32 Å². The minimum atomic E-state index is 0.571. The molecule has 2 nitrogen and oxygen atoms in total. The number of hydrogen-bond donors (Lipinski definition) is 1. The first-order valence-electron chi connectivity index (χ1n) is 7.56. The maximum Gasteiger partial charge on any atom is 0.0333 e. The van der Waals surface area contributed by atoms with Crippen molar-refractivity contribution in [3.8, 4) is 0 Å². The highest BCUT2D eigenvalue weighted by molar-refractivity contribution is 7.09. The van der Waals surface area contributed by atoms with Gasteiger partial charge in [-0.15, -0.1) is 11.3 Å². The van der Waals surface area contributed by atoms with E-state index >= 15 is 0 Å². The van der Waals surface area contributed by atoms with E-state index in [9.17, 15) is 0 Å². The molecule has 0 saturated carbocycles. The Morgan fingerprint density at radius 2 is 2.00 bits per heavy atom. The van der Waals surface area contributed by atoms with E-state index in [2.05, 4.69) is 62.3 Å². The molecule has 0 radical (unpaired) electrons. The maximum atomic E-state index is 3.66. The van der Waals surface area contributed by atoms with Crippen LogP contribution in [0.1, 0.15) is 52.3 Å². The Labute approximate surface area is 123 Å². The molecular weight excluding hydrogens is 252 g/mol. The molecule has 0 aliphatic heterocycles. The summed E-state index contributed by atoms with van der Waals surface area (Å²) in [7, 11) is 0. The van der Waals surface area contributed by atoms with Gasteiger partial charge in [0.25, 0.3) is 0 Å². The zero-order valence-electron chi connectivity index (χ0n) is 13.1. The molecule has 3 heteroatoms. The number of rotatable bonds is 9. The average Bonchev–Trinajstić information content (AvgIpc) is 2.86. The first-order chi connectivity index (χ1) is 9.04. The minimum absolute atomic E-state index is 0.571. The summed E-state index contributed by atoms with van der Waals surface area (Å²) in [6, 6.07) is 6.16. The molecule has 1 aromatic rings. The number of nitrogens with one attached hydrogen (secondary N) is 1. The van der Waals surface area contributed by atoms with Gasteiger partial charge in [-0.25, -0.2) is 0 Å². The predicted octanol–water partition coefficient (Wildman–Crippen LogP) is 4.13. The molecule has 1 heterocycles. The Balaban J connectivity index is 2.46. The molecular formula is C16H30N2S. The van der Waals surface area contributed by atoms with Gasteiger partial charge in [0.2, 0.25) is 0 Å². The van der Waals surface area contributed by atoms with E-state index in [1.807, 2.05) is 11.3 Å². The van der Waals surface area contributed by atoms with Crippen LogP contribution in [0, 0.1) is 0 Å². The summed E-state index contributed by atoms with van der Waals surface area (Å²) in [5, 5.41) is 5.83.